The van der Waals surface area contributed by atoms with Crippen molar-refractivity contribution < 1.29 is 8.83 Å². The van der Waals surface area contributed by atoms with Crippen LogP contribution in [0.15, 0.2) is 81.6 Å². The number of furan rings is 2. The Kier molecular flexibility index (Phi) is 12.9. The first-order valence-electron chi connectivity index (χ1n) is 21.4. The van der Waals surface area contributed by atoms with E-state index in [9.17, 15) is 0 Å². The Morgan fingerprint density at radius 1 is 0.308 bits per heavy atom. The highest BCUT2D eigenvalue weighted by atomic mass is 16.3. The zero-order valence-electron chi connectivity index (χ0n) is 32.3. The number of hydrogen-bond donors (Lipinski definition) is 0. The smallest absolute Gasteiger partial charge is 0.136 e. The average Bonchev–Trinajstić information content (AvgIpc) is 3.69. The van der Waals surface area contributed by atoms with E-state index in [0.29, 0.717) is 0 Å². The van der Waals surface area contributed by atoms with Crippen molar-refractivity contribution >= 4 is 65.4 Å². The minimum atomic E-state index is 0.931. The second kappa shape index (κ2) is 18.3. The third kappa shape index (κ3) is 9.05. The number of fused-ring (bicyclic) bond motifs is 8. The molecule has 52 heavy (non-hydrogen) atoms. The van der Waals surface area contributed by atoms with Crippen LogP contribution in [0.3, 0.4) is 0 Å². The average molecular weight is 695 g/mol. The van der Waals surface area contributed by atoms with Crippen LogP contribution >= 0.6 is 0 Å². The molecule has 0 saturated carbocycles. The van der Waals surface area contributed by atoms with Gasteiger partial charge in [0, 0.05) is 21.5 Å². The van der Waals surface area contributed by atoms with Crippen molar-refractivity contribution in [3.63, 3.8) is 0 Å². The summed E-state index contributed by atoms with van der Waals surface area (Å²) in [4.78, 5) is 0. The van der Waals surface area contributed by atoms with Crippen LogP contribution in [0, 0.1) is 0 Å². The van der Waals surface area contributed by atoms with Crippen LogP contribution < -0.4 is 0 Å². The van der Waals surface area contributed by atoms with Crippen molar-refractivity contribution in [3.8, 4) is 0 Å². The molecule has 0 saturated heterocycles. The fraction of sp³-hybridized carbons (Fsp3) is 0.480. The summed E-state index contributed by atoms with van der Waals surface area (Å²) >= 11 is 0. The Balaban J connectivity index is 1.00. The lowest BCUT2D eigenvalue weighted by molar-refractivity contribution is 0.556. The van der Waals surface area contributed by atoms with Gasteiger partial charge in [-0.1, -0.05) is 166 Å². The minimum absolute atomic E-state index is 0.931. The van der Waals surface area contributed by atoms with Gasteiger partial charge in [0.2, 0.25) is 0 Å². The van der Waals surface area contributed by atoms with E-state index < -0.39 is 0 Å². The maximum absolute atomic E-state index is 6.52. The first kappa shape index (κ1) is 36.6. The molecule has 2 nitrogen and oxygen atoms in total. The molecule has 7 rings (SSSR count). The summed E-state index contributed by atoms with van der Waals surface area (Å²) in [6, 6.07) is 27.5. The molecule has 0 bridgehead atoms. The van der Waals surface area contributed by atoms with E-state index in [-0.39, 0.29) is 0 Å². The highest BCUT2D eigenvalue weighted by Crippen LogP contribution is 2.39. The van der Waals surface area contributed by atoms with Crippen LogP contribution in [0.25, 0.3) is 65.4 Å². The predicted molar refractivity (Wildman–Crippen MR) is 227 cm³/mol. The van der Waals surface area contributed by atoms with E-state index >= 15 is 0 Å². The Morgan fingerprint density at radius 3 is 1.02 bits per heavy atom. The fourth-order valence-corrected chi connectivity index (χ4v) is 8.57. The van der Waals surface area contributed by atoms with Gasteiger partial charge in [-0.15, -0.1) is 0 Å². The van der Waals surface area contributed by atoms with Gasteiger partial charge in [0.25, 0.3) is 0 Å². The molecular formula is C50H62O2. The quantitative estimate of drug-likeness (QED) is 0.0660. The van der Waals surface area contributed by atoms with E-state index in [1.807, 2.05) is 0 Å². The summed E-state index contributed by atoms with van der Waals surface area (Å²) in [5, 5.41) is 9.68. The largest absolute Gasteiger partial charge is 0.456 e. The number of unbranched alkanes of at least 4 members (excludes halogenated alkanes) is 18. The van der Waals surface area contributed by atoms with Crippen molar-refractivity contribution in [2.75, 3.05) is 0 Å². The van der Waals surface area contributed by atoms with Crippen molar-refractivity contribution in [3.05, 3.63) is 83.9 Å². The van der Waals surface area contributed by atoms with Gasteiger partial charge in [-0.2, -0.15) is 0 Å². The summed E-state index contributed by atoms with van der Waals surface area (Å²) in [6.07, 6.45) is 29.9. The normalized spacial score (nSPS) is 12.2. The van der Waals surface area contributed by atoms with E-state index in [0.717, 1.165) is 45.9 Å². The van der Waals surface area contributed by atoms with Gasteiger partial charge < -0.3 is 8.83 Å². The van der Waals surface area contributed by atoms with Crippen molar-refractivity contribution in [2.24, 2.45) is 0 Å². The number of benzene rings is 5. The fourth-order valence-electron chi connectivity index (χ4n) is 8.57. The molecule has 0 atom stereocenters. The van der Waals surface area contributed by atoms with E-state index in [1.165, 1.54) is 172 Å². The molecule has 2 heterocycles. The maximum atomic E-state index is 6.52. The molecule has 0 aliphatic carbocycles. The predicted octanol–water partition coefficient (Wildman–Crippen LogP) is 16.7. The van der Waals surface area contributed by atoms with Crippen LogP contribution in [-0.4, -0.2) is 0 Å². The summed E-state index contributed by atoms with van der Waals surface area (Å²) in [5.41, 5.74) is 6.64. The molecule has 2 aromatic heterocycles. The van der Waals surface area contributed by atoms with Crippen molar-refractivity contribution in [1.29, 1.82) is 0 Å². The molecule has 0 unspecified atom stereocenters. The molecular weight excluding hydrogens is 633 g/mol. The van der Waals surface area contributed by atoms with Crippen LogP contribution in [0.5, 0.6) is 0 Å². The van der Waals surface area contributed by atoms with Gasteiger partial charge in [0.1, 0.15) is 22.3 Å². The lowest BCUT2D eigenvalue weighted by Crippen LogP contribution is -1.87. The molecule has 0 aliphatic rings. The topological polar surface area (TPSA) is 26.3 Å². The summed E-state index contributed by atoms with van der Waals surface area (Å²) in [6.45, 7) is 4.59. The highest BCUT2D eigenvalue weighted by Gasteiger charge is 2.15. The maximum Gasteiger partial charge on any atom is 0.136 e. The monoisotopic (exact) mass is 694 g/mol. The SMILES string of the molecule is CCCCCCCCCCCCc1ccc2cc3oc4cc5c(cc4c3cc2c1)oc1cc2ccc(CCCCCCCCCCCC)cc2cc15. The molecule has 0 spiro atoms. The van der Waals surface area contributed by atoms with E-state index in [4.69, 9.17) is 8.83 Å². The second-order valence-electron chi connectivity index (χ2n) is 16.0. The molecule has 2 heteroatoms. The van der Waals surface area contributed by atoms with Crippen LogP contribution in [0.2, 0.25) is 0 Å². The van der Waals surface area contributed by atoms with Gasteiger partial charge in [-0.3, -0.25) is 0 Å². The van der Waals surface area contributed by atoms with Crippen molar-refractivity contribution in [1.82, 2.24) is 0 Å². The van der Waals surface area contributed by atoms with E-state index in [2.05, 4.69) is 86.6 Å². The van der Waals surface area contributed by atoms with Gasteiger partial charge in [0.05, 0.1) is 0 Å². The Labute approximate surface area is 312 Å². The van der Waals surface area contributed by atoms with E-state index in [1.54, 1.807) is 0 Å². The third-order valence-corrected chi connectivity index (χ3v) is 11.7. The number of hydrogen-bond acceptors (Lipinski definition) is 2. The second-order valence-corrected chi connectivity index (χ2v) is 16.0. The third-order valence-electron chi connectivity index (χ3n) is 11.7. The number of aryl methyl sites for hydroxylation is 2. The molecule has 0 fully saturated rings. The first-order valence-corrected chi connectivity index (χ1v) is 21.4. The zero-order valence-corrected chi connectivity index (χ0v) is 32.3. The molecule has 7 aromatic rings. The molecule has 0 amide bonds. The van der Waals surface area contributed by atoms with Crippen LogP contribution in [0.1, 0.15) is 153 Å². The van der Waals surface area contributed by atoms with Crippen molar-refractivity contribution in [2.45, 2.75) is 155 Å². The summed E-state index contributed by atoms with van der Waals surface area (Å²) in [5.74, 6) is 0. The van der Waals surface area contributed by atoms with Gasteiger partial charge in [-0.05, 0) is 94.8 Å². The molecule has 0 N–H and O–H groups in total. The summed E-state index contributed by atoms with van der Waals surface area (Å²) in [7, 11) is 0. The zero-order chi connectivity index (χ0) is 35.5. The molecule has 0 aliphatic heterocycles. The van der Waals surface area contributed by atoms with Gasteiger partial charge in [0.15, 0.2) is 0 Å². The lowest BCUT2D eigenvalue weighted by Gasteiger charge is -2.05. The van der Waals surface area contributed by atoms with Crippen LogP contribution in [-0.2, 0) is 12.8 Å². The number of rotatable bonds is 22. The standard InChI is InChI=1S/C50H62O2/c1-3-5-7-9-11-13-15-17-19-21-23-37-25-27-39-33-47-43(31-41(39)29-37)45-35-50-46(36-49(45)51-47)44-32-42-30-38(26-28-40(42)34-48(44)52-50)24-22-20-18-16-14-12-10-8-6-4-2/h25-36H,3-24H2,1-2H3. The molecule has 0 radical (unpaired) electrons. The van der Waals surface area contributed by atoms with Crippen LogP contribution in [0.4, 0.5) is 0 Å². The molecule has 5 aromatic carbocycles. The van der Waals surface area contributed by atoms with Gasteiger partial charge >= 0.3 is 0 Å². The highest BCUT2D eigenvalue weighted by molar-refractivity contribution is 6.18. The lowest BCUT2D eigenvalue weighted by atomic mass is 9.99. The Hall–Kier alpha value is -3.78. The molecule has 274 valence electrons. The Morgan fingerprint density at radius 2 is 0.635 bits per heavy atom. The minimum Gasteiger partial charge on any atom is -0.456 e. The summed E-state index contributed by atoms with van der Waals surface area (Å²) < 4.78 is 13.0. The first-order chi connectivity index (χ1) is 25.7. The van der Waals surface area contributed by atoms with Gasteiger partial charge in [-0.25, -0.2) is 0 Å². The Bertz CT molecular complexity index is 2040.